The number of amides is 1. The second-order valence-corrected chi connectivity index (χ2v) is 9.46. The van der Waals surface area contributed by atoms with Crippen molar-refractivity contribution in [3.63, 3.8) is 0 Å². The number of rotatable bonds is 11. The van der Waals surface area contributed by atoms with Gasteiger partial charge in [0.25, 0.3) is 0 Å². The summed E-state index contributed by atoms with van der Waals surface area (Å²) in [5.74, 6) is 1.10. The number of benzene rings is 2. The fourth-order valence-corrected chi connectivity index (χ4v) is 3.67. The summed E-state index contributed by atoms with van der Waals surface area (Å²) in [5.41, 5.74) is 0.903. The Bertz CT molecular complexity index is 1130. The first-order valence-electron chi connectivity index (χ1n) is 10.3. The first-order chi connectivity index (χ1) is 15.3. The number of tetrazole rings is 1. The number of aryl methyl sites for hydroxylation is 1. The van der Waals surface area contributed by atoms with Gasteiger partial charge in [0.15, 0.2) is 9.84 Å². The molecular weight excluding hydrogens is 430 g/mol. The molecule has 1 amide bonds. The molecule has 1 heterocycles. The van der Waals surface area contributed by atoms with Crippen LogP contribution in [0.1, 0.15) is 19.3 Å². The topological polar surface area (TPSA) is 107 Å². The van der Waals surface area contributed by atoms with E-state index in [2.05, 4.69) is 15.4 Å². The molecule has 10 heteroatoms. The van der Waals surface area contributed by atoms with Crippen LogP contribution >= 0.6 is 0 Å². The summed E-state index contributed by atoms with van der Waals surface area (Å²) in [6.45, 7) is 1.44. The van der Waals surface area contributed by atoms with Crippen molar-refractivity contribution in [1.29, 1.82) is 0 Å². The van der Waals surface area contributed by atoms with Crippen LogP contribution in [-0.4, -0.2) is 65.9 Å². The van der Waals surface area contributed by atoms with E-state index < -0.39 is 9.84 Å². The minimum Gasteiger partial charge on any atom is -0.493 e. The molecule has 0 fully saturated rings. The van der Waals surface area contributed by atoms with Gasteiger partial charge < -0.3 is 9.64 Å². The van der Waals surface area contributed by atoms with Gasteiger partial charge in [0.2, 0.25) is 11.7 Å². The third-order valence-corrected chi connectivity index (χ3v) is 5.91. The van der Waals surface area contributed by atoms with Crippen molar-refractivity contribution in [1.82, 2.24) is 25.1 Å². The average molecular weight is 458 g/mol. The Labute approximate surface area is 187 Å². The molecule has 0 aliphatic rings. The van der Waals surface area contributed by atoms with Crippen LogP contribution in [0.15, 0.2) is 59.5 Å². The van der Waals surface area contributed by atoms with Crippen molar-refractivity contribution in [2.24, 2.45) is 0 Å². The van der Waals surface area contributed by atoms with E-state index in [0.29, 0.717) is 50.5 Å². The Kier molecular flexibility index (Phi) is 7.93. The maximum absolute atomic E-state index is 12.3. The highest BCUT2D eigenvalue weighted by Crippen LogP contribution is 2.17. The highest BCUT2D eigenvalue weighted by Gasteiger charge is 2.11. The maximum Gasteiger partial charge on any atom is 0.222 e. The van der Waals surface area contributed by atoms with E-state index in [1.807, 2.05) is 30.3 Å². The second-order valence-electron chi connectivity index (χ2n) is 7.44. The second kappa shape index (κ2) is 10.9. The van der Waals surface area contributed by atoms with Crippen LogP contribution in [0.3, 0.4) is 0 Å². The van der Waals surface area contributed by atoms with Gasteiger partial charge in [-0.15, -0.1) is 10.2 Å². The van der Waals surface area contributed by atoms with Crippen LogP contribution in [0.5, 0.6) is 5.75 Å². The zero-order valence-corrected chi connectivity index (χ0v) is 19.0. The third-order valence-electron chi connectivity index (χ3n) is 4.80. The van der Waals surface area contributed by atoms with E-state index >= 15 is 0 Å². The van der Waals surface area contributed by atoms with Crippen LogP contribution in [0.2, 0.25) is 0 Å². The summed E-state index contributed by atoms with van der Waals surface area (Å²) in [5, 5.41) is 12.4. The van der Waals surface area contributed by atoms with Gasteiger partial charge >= 0.3 is 0 Å². The Morgan fingerprint density at radius 2 is 1.88 bits per heavy atom. The number of aromatic nitrogens is 4. The van der Waals surface area contributed by atoms with Crippen LogP contribution < -0.4 is 4.74 Å². The minimum absolute atomic E-state index is 0.0347. The molecule has 2 aromatic carbocycles. The van der Waals surface area contributed by atoms with E-state index in [1.165, 1.54) is 16.9 Å². The van der Waals surface area contributed by atoms with Gasteiger partial charge in [0, 0.05) is 31.8 Å². The van der Waals surface area contributed by atoms with Crippen molar-refractivity contribution in [3.8, 4) is 17.1 Å². The standard InChI is InChI=1S/C22H27N5O4S/c1-26(14-8-16-31-19-11-6-12-20(17-19)32(2,29)30)21(28)13-7-15-27-24-22(23-25-27)18-9-4-3-5-10-18/h3-6,9-12,17H,7-8,13-16H2,1-2H3. The summed E-state index contributed by atoms with van der Waals surface area (Å²) in [7, 11) is -1.51. The Morgan fingerprint density at radius 3 is 2.62 bits per heavy atom. The lowest BCUT2D eigenvalue weighted by molar-refractivity contribution is -0.130. The zero-order valence-electron chi connectivity index (χ0n) is 18.2. The first kappa shape index (κ1) is 23.4. The van der Waals surface area contributed by atoms with Crippen molar-refractivity contribution in [3.05, 3.63) is 54.6 Å². The molecule has 0 aliphatic carbocycles. The lowest BCUT2D eigenvalue weighted by Gasteiger charge is -2.17. The van der Waals surface area contributed by atoms with Crippen LogP contribution in [0, 0.1) is 0 Å². The van der Waals surface area contributed by atoms with Gasteiger partial charge in [-0.2, -0.15) is 4.80 Å². The molecule has 0 aliphatic heterocycles. The third kappa shape index (κ3) is 6.88. The molecule has 1 aromatic heterocycles. The smallest absolute Gasteiger partial charge is 0.222 e. The van der Waals surface area contributed by atoms with Gasteiger partial charge in [-0.3, -0.25) is 4.79 Å². The SMILES string of the molecule is CN(CCCOc1cccc(S(C)(=O)=O)c1)C(=O)CCCn1nnc(-c2ccccc2)n1. The first-order valence-corrected chi connectivity index (χ1v) is 12.2. The van der Waals surface area contributed by atoms with E-state index in [4.69, 9.17) is 4.74 Å². The van der Waals surface area contributed by atoms with Gasteiger partial charge in [-0.05, 0) is 36.3 Å². The Morgan fingerprint density at radius 1 is 1.09 bits per heavy atom. The number of hydrogen-bond acceptors (Lipinski definition) is 7. The Balaban J connectivity index is 1.35. The van der Waals surface area contributed by atoms with E-state index in [0.717, 1.165) is 11.8 Å². The van der Waals surface area contributed by atoms with Crippen LogP contribution in [0.4, 0.5) is 0 Å². The predicted octanol–water partition coefficient (Wildman–Crippen LogP) is 2.45. The highest BCUT2D eigenvalue weighted by molar-refractivity contribution is 7.90. The lowest BCUT2D eigenvalue weighted by atomic mass is 10.2. The van der Waals surface area contributed by atoms with Gasteiger partial charge in [-0.25, -0.2) is 8.42 Å². The largest absolute Gasteiger partial charge is 0.493 e. The molecule has 3 aromatic rings. The number of nitrogens with zero attached hydrogens (tertiary/aromatic N) is 5. The summed E-state index contributed by atoms with van der Waals surface area (Å²) in [6, 6.07) is 16.0. The monoisotopic (exact) mass is 457 g/mol. The number of carbonyl (C=O) groups is 1. The molecule has 0 spiro atoms. The molecule has 9 nitrogen and oxygen atoms in total. The van der Waals surface area contributed by atoms with E-state index in [9.17, 15) is 13.2 Å². The number of sulfone groups is 1. The molecule has 0 saturated carbocycles. The minimum atomic E-state index is -3.27. The normalized spacial score (nSPS) is 11.3. The fraction of sp³-hybridized carbons (Fsp3) is 0.364. The fourth-order valence-electron chi connectivity index (χ4n) is 3.01. The lowest BCUT2D eigenvalue weighted by Crippen LogP contribution is -2.28. The number of hydrogen-bond donors (Lipinski definition) is 0. The average Bonchev–Trinajstić information content (AvgIpc) is 3.25. The molecule has 0 bridgehead atoms. The predicted molar refractivity (Wildman–Crippen MR) is 120 cm³/mol. The maximum atomic E-state index is 12.3. The molecule has 0 atom stereocenters. The zero-order chi connectivity index (χ0) is 23.0. The Hall–Kier alpha value is -3.27. The van der Waals surface area contributed by atoms with Crippen molar-refractivity contribution < 1.29 is 17.9 Å². The molecule has 3 rings (SSSR count). The number of carbonyl (C=O) groups excluding carboxylic acids is 1. The van der Waals surface area contributed by atoms with Crippen molar-refractivity contribution >= 4 is 15.7 Å². The number of ether oxygens (including phenoxy) is 1. The van der Waals surface area contributed by atoms with E-state index in [1.54, 1.807) is 24.1 Å². The summed E-state index contributed by atoms with van der Waals surface area (Å²) in [6.07, 6.45) is 2.79. The molecule has 0 radical (unpaired) electrons. The highest BCUT2D eigenvalue weighted by atomic mass is 32.2. The van der Waals surface area contributed by atoms with Crippen molar-refractivity contribution in [2.75, 3.05) is 26.5 Å². The summed E-state index contributed by atoms with van der Waals surface area (Å²) >= 11 is 0. The molecule has 170 valence electrons. The van der Waals surface area contributed by atoms with Crippen LogP contribution in [-0.2, 0) is 21.2 Å². The van der Waals surface area contributed by atoms with Crippen molar-refractivity contribution in [2.45, 2.75) is 30.7 Å². The molecule has 0 saturated heterocycles. The molecule has 32 heavy (non-hydrogen) atoms. The van der Waals surface area contributed by atoms with Gasteiger partial charge in [-0.1, -0.05) is 36.4 Å². The van der Waals surface area contributed by atoms with E-state index in [-0.39, 0.29) is 10.8 Å². The summed E-state index contributed by atoms with van der Waals surface area (Å²) < 4.78 is 28.8. The van der Waals surface area contributed by atoms with Gasteiger partial charge in [0.1, 0.15) is 5.75 Å². The molecule has 0 unspecified atom stereocenters. The molecule has 0 N–H and O–H groups in total. The summed E-state index contributed by atoms with van der Waals surface area (Å²) in [4.78, 5) is 15.7. The molecular formula is C22H27N5O4S. The van der Waals surface area contributed by atoms with Crippen LogP contribution in [0.25, 0.3) is 11.4 Å². The van der Waals surface area contributed by atoms with Gasteiger partial charge in [0.05, 0.1) is 18.0 Å². The quantitative estimate of drug-likeness (QED) is 0.407.